The van der Waals surface area contributed by atoms with Gasteiger partial charge in [0, 0.05) is 25.2 Å². The van der Waals surface area contributed by atoms with Crippen molar-refractivity contribution < 1.29 is 14.1 Å². The molecular formula is C18H21Cl2N3O3. The minimum Gasteiger partial charge on any atom is -0.482 e. The molecular weight excluding hydrogens is 377 g/mol. The Hall–Kier alpha value is -1.76. The molecule has 1 aromatic heterocycles. The van der Waals surface area contributed by atoms with Gasteiger partial charge in [-0.2, -0.15) is 0 Å². The van der Waals surface area contributed by atoms with Crippen LogP contribution in [0.4, 0.5) is 0 Å². The lowest BCUT2D eigenvalue weighted by Gasteiger charge is -2.27. The largest absolute Gasteiger partial charge is 0.482 e. The van der Waals surface area contributed by atoms with Crippen molar-refractivity contribution in [2.24, 2.45) is 0 Å². The number of rotatable bonds is 7. The number of carbonyl (C=O) groups excluding carboxylic acids is 1. The van der Waals surface area contributed by atoms with Gasteiger partial charge in [0.05, 0.1) is 10.0 Å². The third-order valence-electron chi connectivity index (χ3n) is 4.26. The molecule has 2 heterocycles. The maximum Gasteiger partial charge on any atom is 0.276 e. The molecule has 1 unspecified atom stereocenters. The number of amides is 1. The van der Waals surface area contributed by atoms with Crippen molar-refractivity contribution in [2.75, 3.05) is 19.6 Å². The highest BCUT2D eigenvalue weighted by atomic mass is 35.5. The van der Waals surface area contributed by atoms with Gasteiger partial charge < -0.3 is 19.5 Å². The first-order chi connectivity index (χ1) is 12.6. The van der Waals surface area contributed by atoms with Gasteiger partial charge in [0.25, 0.3) is 5.91 Å². The van der Waals surface area contributed by atoms with Gasteiger partial charge in [0.2, 0.25) is 0 Å². The Morgan fingerprint density at radius 1 is 1.42 bits per heavy atom. The Morgan fingerprint density at radius 3 is 2.85 bits per heavy atom. The number of halogens is 2. The second-order valence-corrected chi connectivity index (χ2v) is 6.98. The second-order valence-electron chi connectivity index (χ2n) is 6.16. The molecule has 0 aliphatic carbocycles. The van der Waals surface area contributed by atoms with E-state index in [4.69, 9.17) is 32.5 Å². The quantitative estimate of drug-likeness (QED) is 0.769. The highest BCUT2D eigenvalue weighted by molar-refractivity contribution is 6.37. The molecule has 26 heavy (non-hydrogen) atoms. The number of nitrogens with zero attached hydrogens (tertiary/aromatic N) is 2. The Kier molecular flexibility index (Phi) is 6.40. The normalized spacial score (nSPS) is 16.7. The minimum atomic E-state index is -0.119. The molecule has 2 aromatic rings. The van der Waals surface area contributed by atoms with Crippen molar-refractivity contribution in [3.63, 3.8) is 0 Å². The molecule has 0 spiro atoms. The predicted molar refractivity (Wildman–Crippen MR) is 99.9 cm³/mol. The summed E-state index contributed by atoms with van der Waals surface area (Å²) < 4.78 is 10.9. The van der Waals surface area contributed by atoms with Gasteiger partial charge in [0.1, 0.15) is 6.61 Å². The van der Waals surface area contributed by atoms with E-state index >= 15 is 0 Å². The molecule has 1 N–H and O–H groups in total. The fourth-order valence-electron chi connectivity index (χ4n) is 2.99. The Bertz CT molecular complexity index is 740. The van der Waals surface area contributed by atoms with Gasteiger partial charge >= 0.3 is 0 Å². The number of para-hydroxylation sites is 1. The first-order valence-electron chi connectivity index (χ1n) is 8.64. The number of carbonyl (C=O) groups is 1. The van der Waals surface area contributed by atoms with Crippen LogP contribution in [0.15, 0.2) is 28.8 Å². The third kappa shape index (κ3) is 4.31. The van der Waals surface area contributed by atoms with Crippen molar-refractivity contribution in [3.05, 3.63) is 45.8 Å². The van der Waals surface area contributed by atoms with Crippen molar-refractivity contribution in [1.29, 1.82) is 0 Å². The standard InChI is InChI=1S/C18H21Cl2N3O3/c1-2-8-23(12-6-7-21-10-12)18(24)16-9-13(26-22-16)11-25-17-14(19)4-3-5-15(17)20/h3-5,9,12,21H,2,6-8,10-11H2,1H3. The van der Waals surface area contributed by atoms with Crippen molar-refractivity contribution in [1.82, 2.24) is 15.4 Å². The van der Waals surface area contributed by atoms with Crippen molar-refractivity contribution >= 4 is 29.1 Å². The van der Waals surface area contributed by atoms with Crippen LogP contribution in [0.3, 0.4) is 0 Å². The lowest BCUT2D eigenvalue weighted by atomic mass is 10.2. The Balaban J connectivity index is 1.67. The maximum atomic E-state index is 12.8. The van der Waals surface area contributed by atoms with Gasteiger partial charge in [-0.3, -0.25) is 4.79 Å². The number of nitrogens with one attached hydrogen (secondary N) is 1. The number of aromatic nitrogens is 1. The summed E-state index contributed by atoms with van der Waals surface area (Å²) in [6, 6.07) is 6.93. The van der Waals surface area contributed by atoms with Gasteiger partial charge in [-0.05, 0) is 31.5 Å². The highest BCUT2D eigenvalue weighted by Crippen LogP contribution is 2.33. The van der Waals surface area contributed by atoms with Crippen LogP contribution in [0, 0.1) is 0 Å². The van der Waals surface area contributed by atoms with Gasteiger partial charge in [-0.1, -0.05) is 41.3 Å². The maximum absolute atomic E-state index is 12.8. The zero-order chi connectivity index (χ0) is 18.5. The van der Waals surface area contributed by atoms with Crippen LogP contribution >= 0.6 is 23.2 Å². The number of hydrogen-bond acceptors (Lipinski definition) is 5. The minimum absolute atomic E-state index is 0.0858. The van der Waals surface area contributed by atoms with Crippen LogP contribution < -0.4 is 10.1 Å². The predicted octanol–water partition coefficient (Wildman–Crippen LogP) is 3.77. The molecule has 1 aliphatic rings. The van der Waals surface area contributed by atoms with E-state index in [9.17, 15) is 4.79 Å². The van der Waals surface area contributed by atoms with E-state index in [-0.39, 0.29) is 24.2 Å². The average molecular weight is 398 g/mol. The summed E-state index contributed by atoms with van der Waals surface area (Å²) in [6.07, 6.45) is 1.84. The summed E-state index contributed by atoms with van der Waals surface area (Å²) in [5.74, 6) is 0.696. The SMILES string of the molecule is CCCN(C(=O)c1cc(COc2c(Cl)cccc2Cl)on1)C1CCNC1. The molecule has 1 atom stereocenters. The van der Waals surface area contributed by atoms with Gasteiger partial charge in [-0.25, -0.2) is 0 Å². The summed E-state index contributed by atoms with van der Waals surface area (Å²) in [4.78, 5) is 14.7. The molecule has 1 fully saturated rings. The molecule has 6 nitrogen and oxygen atoms in total. The lowest BCUT2D eigenvalue weighted by Crippen LogP contribution is -2.42. The number of benzene rings is 1. The third-order valence-corrected chi connectivity index (χ3v) is 4.85. The van der Waals surface area contributed by atoms with Crippen molar-refractivity contribution in [3.8, 4) is 5.75 Å². The summed E-state index contributed by atoms with van der Waals surface area (Å²) in [5.41, 5.74) is 0.286. The highest BCUT2D eigenvalue weighted by Gasteiger charge is 2.28. The lowest BCUT2D eigenvalue weighted by molar-refractivity contribution is 0.0681. The van der Waals surface area contributed by atoms with E-state index in [0.717, 1.165) is 25.9 Å². The monoisotopic (exact) mass is 397 g/mol. The molecule has 0 radical (unpaired) electrons. The van der Waals surface area contributed by atoms with Gasteiger partial charge in [0.15, 0.2) is 17.2 Å². The zero-order valence-corrected chi connectivity index (χ0v) is 16.0. The summed E-state index contributed by atoms with van der Waals surface area (Å²) >= 11 is 12.2. The first kappa shape index (κ1) is 19.0. The van der Waals surface area contributed by atoms with E-state index in [2.05, 4.69) is 17.4 Å². The molecule has 1 aromatic carbocycles. The molecule has 0 bridgehead atoms. The van der Waals surface area contributed by atoms with Crippen LogP contribution in [0.1, 0.15) is 36.0 Å². The average Bonchev–Trinajstić information content (AvgIpc) is 3.30. The fourth-order valence-corrected chi connectivity index (χ4v) is 3.50. The van der Waals surface area contributed by atoms with E-state index in [1.807, 2.05) is 4.90 Å². The molecule has 1 amide bonds. The Labute approximate surface area is 162 Å². The van der Waals surface area contributed by atoms with Crippen LogP contribution in [0.5, 0.6) is 5.75 Å². The number of hydrogen-bond donors (Lipinski definition) is 1. The van der Waals surface area contributed by atoms with E-state index in [0.29, 0.717) is 28.1 Å². The van der Waals surface area contributed by atoms with Crippen LogP contribution in [-0.2, 0) is 6.61 Å². The molecule has 3 rings (SSSR count). The molecule has 140 valence electrons. The van der Waals surface area contributed by atoms with Crippen LogP contribution in [0.25, 0.3) is 0 Å². The zero-order valence-electron chi connectivity index (χ0n) is 14.5. The molecule has 0 saturated carbocycles. The van der Waals surface area contributed by atoms with E-state index < -0.39 is 0 Å². The second kappa shape index (κ2) is 8.75. The van der Waals surface area contributed by atoms with Crippen molar-refractivity contribution in [2.45, 2.75) is 32.4 Å². The van der Waals surface area contributed by atoms with Gasteiger partial charge in [-0.15, -0.1) is 0 Å². The van der Waals surface area contributed by atoms with Crippen LogP contribution in [-0.4, -0.2) is 41.6 Å². The summed E-state index contributed by atoms with van der Waals surface area (Å²) in [6.45, 7) is 4.57. The number of ether oxygens (including phenoxy) is 1. The first-order valence-corrected chi connectivity index (χ1v) is 9.39. The van der Waals surface area contributed by atoms with E-state index in [1.165, 1.54) is 0 Å². The topological polar surface area (TPSA) is 67.6 Å². The van der Waals surface area contributed by atoms with Crippen LogP contribution in [0.2, 0.25) is 10.0 Å². The summed E-state index contributed by atoms with van der Waals surface area (Å²) in [5, 5.41) is 8.03. The smallest absolute Gasteiger partial charge is 0.276 e. The molecule has 1 saturated heterocycles. The van der Waals surface area contributed by atoms with E-state index in [1.54, 1.807) is 24.3 Å². The summed E-state index contributed by atoms with van der Waals surface area (Å²) in [7, 11) is 0. The Morgan fingerprint density at radius 2 is 2.19 bits per heavy atom. The fraction of sp³-hybridized carbons (Fsp3) is 0.444. The molecule has 8 heteroatoms. The molecule has 1 aliphatic heterocycles.